The van der Waals surface area contributed by atoms with Crippen molar-refractivity contribution in [2.45, 2.75) is 0 Å². The van der Waals surface area contributed by atoms with Crippen LogP contribution in [0.15, 0.2) is 0 Å². The number of rotatable bonds is 3. The number of terminal acetylenes is 1. The highest BCUT2D eigenvalue weighted by Gasteiger charge is 1.67. The summed E-state index contributed by atoms with van der Waals surface area (Å²) in [6, 6.07) is 0. The Labute approximate surface area is 52.3 Å². The summed E-state index contributed by atoms with van der Waals surface area (Å²) in [5.74, 6) is 7.19. The number of nitrogens with two attached hydrogens (primary N) is 1. The Kier molecular flexibility index (Phi) is 6.38. The van der Waals surface area contributed by atoms with Crippen molar-refractivity contribution in [3.05, 3.63) is 0 Å². The third kappa shape index (κ3) is 5.66. The minimum absolute atomic E-state index is 0.300. The van der Waals surface area contributed by atoms with E-state index in [4.69, 9.17) is 17.0 Å². The molecule has 0 rings (SSSR count). The highest BCUT2D eigenvalue weighted by Crippen LogP contribution is 1.69. The molecule has 0 aromatic carbocycles. The zero-order valence-electron chi connectivity index (χ0n) is 4.29. The molecule has 0 aliphatic carbocycles. The van der Waals surface area contributed by atoms with E-state index in [0.717, 1.165) is 11.5 Å². The summed E-state index contributed by atoms with van der Waals surface area (Å²) in [6.45, 7) is 0.300. The Morgan fingerprint density at radius 2 is 2.75 bits per heavy atom. The number of hydrogen-bond donors (Lipinski definition) is 3. The van der Waals surface area contributed by atoms with Crippen LogP contribution in [0.25, 0.3) is 0 Å². The Balaban J connectivity index is 2.94. The highest BCUT2D eigenvalue weighted by molar-refractivity contribution is 7.95. The molecule has 0 saturated carbocycles. The number of hydrogen-bond acceptors (Lipinski definition) is 3. The average Bonchev–Trinajstić information content (AvgIpc) is 1.81. The largest absolute Gasteiger partial charge is 0.334 e. The summed E-state index contributed by atoms with van der Waals surface area (Å²) >= 11 is 0.721. The fourth-order valence-corrected chi connectivity index (χ4v) is 0.363. The first-order chi connectivity index (χ1) is 3.91. The van der Waals surface area contributed by atoms with Crippen LogP contribution in [0.5, 0.6) is 0 Å². The summed E-state index contributed by atoms with van der Waals surface area (Å²) in [5.41, 5.74) is 1.49. The summed E-state index contributed by atoms with van der Waals surface area (Å²) in [5, 5.41) is 0. The summed E-state index contributed by atoms with van der Waals surface area (Å²) in [6.07, 6.45) is 4.86. The highest BCUT2D eigenvalue weighted by atomic mass is 32.1. The standard InChI is InChI=1S/C4H8N2OS/c1-2-3-7-4-8-6-5/h1,4,6,8H,3,5H2. The van der Waals surface area contributed by atoms with E-state index in [0.29, 0.717) is 6.61 Å². The molecule has 3 N–H and O–H groups in total. The molecule has 0 radical (unpaired) electrons. The van der Waals surface area contributed by atoms with E-state index in [1.54, 1.807) is 0 Å². The van der Waals surface area contributed by atoms with Gasteiger partial charge in [0.05, 0.1) is 5.55 Å². The Bertz CT molecular complexity index is 107. The second-order valence-corrected chi connectivity index (χ2v) is 1.61. The molecule has 46 valence electrons. The van der Waals surface area contributed by atoms with E-state index in [2.05, 4.69) is 10.8 Å². The lowest BCUT2D eigenvalue weighted by Gasteiger charge is -1.86. The molecule has 4 heteroatoms. The van der Waals surface area contributed by atoms with E-state index in [1.165, 1.54) is 5.55 Å². The molecular formula is C4H8N2OS. The molecule has 3 nitrogen and oxygen atoms in total. The van der Waals surface area contributed by atoms with Crippen molar-refractivity contribution in [3.8, 4) is 12.3 Å². The van der Waals surface area contributed by atoms with Gasteiger partial charge in [0.25, 0.3) is 0 Å². The molecule has 0 aliphatic heterocycles. The smallest absolute Gasteiger partial charge is 0.114 e. The molecular weight excluding hydrogens is 124 g/mol. The van der Waals surface area contributed by atoms with Crippen LogP contribution in [-0.4, -0.2) is 12.2 Å². The lowest BCUT2D eigenvalue weighted by atomic mass is 10.8. The summed E-state index contributed by atoms with van der Waals surface area (Å²) in [7, 11) is 0. The van der Waals surface area contributed by atoms with Crippen molar-refractivity contribution < 1.29 is 4.74 Å². The maximum Gasteiger partial charge on any atom is 0.114 e. The predicted molar refractivity (Wildman–Crippen MR) is 37.2 cm³/mol. The first-order valence-electron chi connectivity index (χ1n) is 1.94. The van der Waals surface area contributed by atoms with Gasteiger partial charge in [0.1, 0.15) is 6.61 Å². The minimum atomic E-state index is 0.300. The molecule has 0 saturated heterocycles. The Hall–Kier alpha value is -0.340. The van der Waals surface area contributed by atoms with Gasteiger partial charge in [-0.05, 0) is 0 Å². The SMILES string of the molecule is C#CCOC=[SH]NN. The molecule has 0 heterocycles. The van der Waals surface area contributed by atoms with Crippen LogP contribution in [0.1, 0.15) is 0 Å². The topological polar surface area (TPSA) is 47.3 Å². The van der Waals surface area contributed by atoms with Gasteiger partial charge < -0.3 is 4.74 Å². The quantitative estimate of drug-likeness (QED) is 0.118. The van der Waals surface area contributed by atoms with E-state index in [9.17, 15) is 0 Å². The van der Waals surface area contributed by atoms with Crippen LogP contribution in [-0.2, 0) is 4.74 Å². The molecule has 0 fully saturated rings. The van der Waals surface area contributed by atoms with Crippen LogP contribution in [0.2, 0.25) is 0 Å². The Morgan fingerprint density at radius 3 is 3.25 bits per heavy atom. The van der Waals surface area contributed by atoms with Gasteiger partial charge in [-0.2, -0.15) is 0 Å². The Morgan fingerprint density at radius 1 is 2.00 bits per heavy atom. The molecule has 0 aliphatic rings. The molecule has 0 aromatic rings. The first kappa shape index (κ1) is 7.66. The van der Waals surface area contributed by atoms with Crippen molar-refractivity contribution in [2.75, 3.05) is 6.61 Å². The van der Waals surface area contributed by atoms with Gasteiger partial charge in [0.15, 0.2) is 0 Å². The van der Waals surface area contributed by atoms with Gasteiger partial charge in [-0.1, -0.05) is 17.5 Å². The van der Waals surface area contributed by atoms with Gasteiger partial charge in [-0.25, -0.2) is 4.83 Å². The first-order valence-corrected chi connectivity index (χ1v) is 2.90. The molecule has 0 spiro atoms. The zero-order valence-corrected chi connectivity index (χ0v) is 5.19. The molecule has 0 bridgehead atoms. The van der Waals surface area contributed by atoms with Crippen molar-refractivity contribution in [1.82, 2.24) is 4.83 Å². The lowest BCUT2D eigenvalue weighted by Crippen LogP contribution is -2.09. The lowest BCUT2D eigenvalue weighted by molar-refractivity contribution is 0.384. The fraction of sp³-hybridized carbons (Fsp3) is 0.250. The van der Waals surface area contributed by atoms with Gasteiger partial charge in [0.2, 0.25) is 0 Å². The van der Waals surface area contributed by atoms with Gasteiger partial charge >= 0.3 is 0 Å². The van der Waals surface area contributed by atoms with Gasteiger partial charge in [-0.3, -0.25) is 5.84 Å². The zero-order chi connectivity index (χ0) is 6.24. The van der Waals surface area contributed by atoms with E-state index in [-0.39, 0.29) is 0 Å². The maximum absolute atomic E-state index is 4.89. The van der Waals surface area contributed by atoms with Crippen LogP contribution in [0.3, 0.4) is 0 Å². The maximum atomic E-state index is 4.89. The summed E-state index contributed by atoms with van der Waals surface area (Å²) in [4.78, 5) is 2.35. The van der Waals surface area contributed by atoms with E-state index < -0.39 is 0 Å². The van der Waals surface area contributed by atoms with Crippen LogP contribution in [0.4, 0.5) is 0 Å². The molecule has 0 amide bonds. The minimum Gasteiger partial charge on any atom is -0.334 e. The van der Waals surface area contributed by atoms with Gasteiger partial charge in [-0.15, -0.1) is 6.42 Å². The monoisotopic (exact) mass is 132 g/mol. The van der Waals surface area contributed by atoms with Gasteiger partial charge in [0, 0.05) is 0 Å². The van der Waals surface area contributed by atoms with E-state index in [1.807, 2.05) is 0 Å². The number of hydrazine groups is 1. The van der Waals surface area contributed by atoms with Crippen molar-refractivity contribution >= 4 is 17.1 Å². The molecule has 0 unspecified atom stereocenters. The second-order valence-electron chi connectivity index (χ2n) is 0.879. The molecule has 8 heavy (non-hydrogen) atoms. The van der Waals surface area contributed by atoms with Crippen molar-refractivity contribution in [3.63, 3.8) is 0 Å². The predicted octanol–water partition coefficient (Wildman–Crippen LogP) is -0.760. The van der Waals surface area contributed by atoms with Crippen molar-refractivity contribution in [2.24, 2.45) is 5.84 Å². The average molecular weight is 132 g/mol. The number of ether oxygens (including phenoxy) is 1. The van der Waals surface area contributed by atoms with Crippen LogP contribution >= 0.6 is 11.5 Å². The number of nitrogens with one attached hydrogen (secondary N) is 1. The van der Waals surface area contributed by atoms with Crippen LogP contribution < -0.4 is 10.7 Å². The third-order valence-corrected chi connectivity index (χ3v) is 0.772. The second kappa shape index (κ2) is 6.66. The normalized spacial score (nSPS) is 10.5. The van der Waals surface area contributed by atoms with Crippen molar-refractivity contribution in [1.29, 1.82) is 0 Å². The molecule has 0 atom stereocenters. The number of thiol groups is 1. The van der Waals surface area contributed by atoms with Crippen LogP contribution in [0, 0.1) is 12.3 Å². The molecule has 0 aromatic heterocycles. The fourth-order valence-electron chi connectivity index (χ4n) is 0.153. The third-order valence-electron chi connectivity index (χ3n) is 0.368. The van der Waals surface area contributed by atoms with E-state index >= 15 is 0 Å². The summed E-state index contributed by atoms with van der Waals surface area (Å²) < 4.78 is 4.71.